The number of hydrogen-bond acceptors (Lipinski definition) is 8. The van der Waals surface area contributed by atoms with E-state index in [4.69, 9.17) is 9.12 Å². The Balaban J connectivity index is 1.23. The second-order valence-electron chi connectivity index (χ2n) is 6.74. The van der Waals surface area contributed by atoms with Gasteiger partial charge in [-0.3, -0.25) is 9.63 Å². The van der Waals surface area contributed by atoms with Gasteiger partial charge in [0.25, 0.3) is 5.91 Å². The van der Waals surface area contributed by atoms with Crippen molar-refractivity contribution >= 4 is 24.8 Å². The van der Waals surface area contributed by atoms with Crippen molar-refractivity contribution in [2.75, 3.05) is 19.7 Å². The van der Waals surface area contributed by atoms with Crippen LogP contribution in [0.1, 0.15) is 25.3 Å². The van der Waals surface area contributed by atoms with Crippen LogP contribution < -0.4 is 10.8 Å². The Labute approximate surface area is 155 Å². The molecular formula is C14H21N7O4S. The fraction of sp³-hybridized carbons (Fsp3) is 0.714. The van der Waals surface area contributed by atoms with Gasteiger partial charge in [-0.1, -0.05) is 5.21 Å². The lowest BCUT2D eigenvalue weighted by Gasteiger charge is -2.29. The zero-order valence-corrected chi connectivity index (χ0v) is 14.9. The fourth-order valence-electron chi connectivity index (χ4n) is 3.83. The van der Waals surface area contributed by atoms with Gasteiger partial charge in [0, 0.05) is 38.2 Å². The summed E-state index contributed by atoms with van der Waals surface area (Å²) in [4.78, 5) is 31.5. The van der Waals surface area contributed by atoms with Crippen molar-refractivity contribution in [2.45, 2.75) is 43.4 Å². The number of hydroxylamine groups is 3. The number of amides is 3. The summed E-state index contributed by atoms with van der Waals surface area (Å²) < 4.78 is 6.63. The second-order valence-corrected chi connectivity index (χ2v) is 6.91. The summed E-state index contributed by atoms with van der Waals surface area (Å²) in [6.45, 7) is 1.57. The Kier molecular flexibility index (Phi) is 4.98. The zero-order valence-electron chi connectivity index (χ0n) is 14.0. The van der Waals surface area contributed by atoms with E-state index in [9.17, 15) is 9.59 Å². The molecule has 0 radical (unpaired) electrons. The van der Waals surface area contributed by atoms with E-state index in [-0.39, 0.29) is 30.1 Å². The van der Waals surface area contributed by atoms with Crippen LogP contribution in [0.15, 0.2) is 12.4 Å². The van der Waals surface area contributed by atoms with Gasteiger partial charge in [-0.05, 0) is 19.3 Å². The topological polar surface area (TPSA) is 114 Å². The van der Waals surface area contributed by atoms with Crippen molar-refractivity contribution in [3.63, 3.8) is 0 Å². The summed E-state index contributed by atoms with van der Waals surface area (Å²) in [6, 6.07) is -0.600. The van der Waals surface area contributed by atoms with Crippen LogP contribution in [-0.2, 0) is 13.9 Å². The normalized spacial score (nSPS) is 30.9. The van der Waals surface area contributed by atoms with E-state index in [0.717, 1.165) is 13.0 Å². The lowest BCUT2D eigenvalue weighted by atomic mass is 10.0. The molecule has 3 aliphatic heterocycles. The van der Waals surface area contributed by atoms with Crippen LogP contribution in [0, 0.1) is 0 Å². The van der Waals surface area contributed by atoms with Crippen LogP contribution >= 0.6 is 12.9 Å². The van der Waals surface area contributed by atoms with Crippen molar-refractivity contribution in [1.82, 2.24) is 35.8 Å². The van der Waals surface area contributed by atoms with Gasteiger partial charge in [0.2, 0.25) is 0 Å². The molecule has 1 aromatic heterocycles. The third-order valence-electron chi connectivity index (χ3n) is 5.18. The predicted molar refractivity (Wildman–Crippen MR) is 90.4 cm³/mol. The van der Waals surface area contributed by atoms with Gasteiger partial charge in [0.1, 0.15) is 6.04 Å². The van der Waals surface area contributed by atoms with Crippen molar-refractivity contribution in [1.29, 1.82) is 0 Å². The Morgan fingerprint density at radius 3 is 3.08 bits per heavy atom. The minimum atomic E-state index is -0.549. The SMILES string of the molecule is O=C(NOC[C@@H]1C[C@H](n2ccnn2)CN1)C1CCC2CN1C(=O)N2OS. The molecule has 12 heteroatoms. The van der Waals surface area contributed by atoms with Crippen LogP contribution in [0.3, 0.4) is 0 Å². The number of piperidine rings is 1. The molecular weight excluding hydrogens is 362 g/mol. The Hall–Kier alpha value is -1.89. The summed E-state index contributed by atoms with van der Waals surface area (Å²) in [5.74, 6) is -0.316. The number of aromatic nitrogens is 3. The van der Waals surface area contributed by atoms with Crippen molar-refractivity contribution in [2.24, 2.45) is 0 Å². The molecule has 0 aromatic carbocycles. The molecule has 4 rings (SSSR count). The molecule has 142 valence electrons. The molecule has 11 nitrogen and oxygen atoms in total. The summed E-state index contributed by atoms with van der Waals surface area (Å²) in [7, 11) is 0. The number of thiol groups is 1. The van der Waals surface area contributed by atoms with Gasteiger partial charge in [0.15, 0.2) is 0 Å². The van der Waals surface area contributed by atoms with Crippen molar-refractivity contribution in [3.05, 3.63) is 12.4 Å². The maximum Gasteiger partial charge on any atom is 0.345 e. The van der Waals surface area contributed by atoms with Crippen LogP contribution in [0.25, 0.3) is 0 Å². The molecule has 4 heterocycles. The third-order valence-corrected chi connectivity index (χ3v) is 5.36. The average molecular weight is 383 g/mol. The van der Waals surface area contributed by atoms with Crippen LogP contribution in [-0.4, -0.2) is 74.7 Å². The quantitative estimate of drug-likeness (QED) is 0.337. The lowest BCUT2D eigenvalue weighted by molar-refractivity contribution is -0.139. The Bertz CT molecular complexity index is 660. The molecule has 1 aromatic rings. The second kappa shape index (κ2) is 7.39. The van der Waals surface area contributed by atoms with E-state index in [0.29, 0.717) is 26.0 Å². The number of fused-ring (bicyclic) bond motifs is 2. The maximum atomic E-state index is 12.4. The van der Waals surface area contributed by atoms with Gasteiger partial charge < -0.3 is 10.2 Å². The van der Waals surface area contributed by atoms with Gasteiger partial charge in [-0.15, -0.1) is 5.10 Å². The Morgan fingerprint density at radius 2 is 2.31 bits per heavy atom. The number of nitrogens with one attached hydrogen (secondary N) is 2. The van der Waals surface area contributed by atoms with Crippen LogP contribution in [0.2, 0.25) is 0 Å². The van der Waals surface area contributed by atoms with Crippen molar-refractivity contribution < 1.29 is 18.7 Å². The van der Waals surface area contributed by atoms with E-state index in [1.165, 1.54) is 9.96 Å². The smallest absolute Gasteiger partial charge is 0.309 e. The van der Waals surface area contributed by atoms with Crippen molar-refractivity contribution in [3.8, 4) is 0 Å². The highest BCUT2D eigenvalue weighted by Gasteiger charge is 2.48. The van der Waals surface area contributed by atoms with Gasteiger partial charge in [0.05, 0.1) is 24.9 Å². The monoisotopic (exact) mass is 383 g/mol. The minimum Gasteiger partial charge on any atom is -0.309 e. The van der Waals surface area contributed by atoms with Gasteiger partial charge in [-0.2, -0.15) is 5.06 Å². The van der Waals surface area contributed by atoms with Gasteiger partial charge >= 0.3 is 6.03 Å². The average Bonchev–Trinajstić information content (AvgIpc) is 3.37. The molecule has 3 saturated heterocycles. The molecule has 26 heavy (non-hydrogen) atoms. The number of hydrogen-bond donors (Lipinski definition) is 3. The number of carbonyl (C=O) groups excluding carboxylic acids is 2. The number of nitrogens with zero attached hydrogens (tertiary/aromatic N) is 5. The largest absolute Gasteiger partial charge is 0.345 e. The molecule has 0 aliphatic carbocycles. The first-order valence-corrected chi connectivity index (χ1v) is 8.96. The first-order chi connectivity index (χ1) is 12.7. The molecule has 4 atom stereocenters. The highest BCUT2D eigenvalue weighted by atomic mass is 32.1. The summed E-state index contributed by atoms with van der Waals surface area (Å²) in [6.07, 6.45) is 5.57. The van der Waals surface area contributed by atoms with Crippen LogP contribution in [0.4, 0.5) is 4.79 Å². The highest BCUT2D eigenvalue weighted by Crippen LogP contribution is 2.30. The fourth-order valence-corrected chi connectivity index (χ4v) is 4.03. The number of carbonyl (C=O) groups is 2. The molecule has 0 saturated carbocycles. The molecule has 2 N–H and O–H groups in total. The van der Waals surface area contributed by atoms with E-state index >= 15 is 0 Å². The number of rotatable bonds is 6. The summed E-state index contributed by atoms with van der Waals surface area (Å²) in [5.41, 5.74) is 2.48. The van der Waals surface area contributed by atoms with E-state index < -0.39 is 6.04 Å². The lowest BCUT2D eigenvalue weighted by Crippen LogP contribution is -2.50. The highest BCUT2D eigenvalue weighted by molar-refractivity contribution is 7.75. The standard InChI is InChI=1S/C14H21N7O4S/c22-13(12-2-1-10-7-19(12)14(23)21(10)25-26)17-24-8-9-5-11(6-15-9)20-4-3-16-18-20/h3-4,9-12,15,26H,1-2,5-8H2,(H,17,22)/t9-,10?,11-,12?/m0/s1. The Morgan fingerprint density at radius 1 is 1.42 bits per heavy atom. The minimum absolute atomic E-state index is 0.0543. The zero-order chi connectivity index (χ0) is 18.1. The maximum absolute atomic E-state index is 12.4. The first-order valence-electron chi connectivity index (χ1n) is 8.59. The predicted octanol–water partition coefficient (Wildman–Crippen LogP) is -0.726. The molecule has 3 aliphatic rings. The molecule has 3 fully saturated rings. The summed E-state index contributed by atoms with van der Waals surface area (Å²) >= 11 is 3.71. The van der Waals surface area contributed by atoms with Crippen LogP contribution in [0.5, 0.6) is 0 Å². The molecule has 3 amide bonds. The van der Waals surface area contributed by atoms with E-state index in [1.54, 1.807) is 6.20 Å². The van der Waals surface area contributed by atoms with Gasteiger partial charge in [-0.25, -0.2) is 19.2 Å². The number of urea groups is 1. The molecule has 2 bridgehead atoms. The van der Waals surface area contributed by atoms with E-state index in [2.05, 4.69) is 34.0 Å². The third kappa shape index (κ3) is 3.24. The summed E-state index contributed by atoms with van der Waals surface area (Å²) in [5, 5.41) is 12.4. The molecule has 2 unspecified atom stereocenters. The molecule has 0 spiro atoms. The van der Waals surface area contributed by atoms with E-state index in [1.807, 2.05) is 10.9 Å². The first kappa shape index (κ1) is 17.5.